The normalized spacial score (nSPS) is 11.0. The van der Waals surface area contributed by atoms with Gasteiger partial charge in [0.25, 0.3) is 0 Å². The Morgan fingerprint density at radius 1 is 1.05 bits per heavy atom. The first-order chi connectivity index (χ1) is 9.08. The van der Waals surface area contributed by atoms with Crippen LogP contribution in [-0.2, 0) is 9.59 Å². The Morgan fingerprint density at radius 2 is 1.58 bits per heavy atom. The van der Waals surface area contributed by atoms with E-state index in [4.69, 9.17) is 10.2 Å². The van der Waals surface area contributed by atoms with Gasteiger partial charge in [-0.25, -0.2) is 0 Å². The fourth-order valence-electron chi connectivity index (χ4n) is 1.22. The van der Waals surface area contributed by atoms with Crippen molar-refractivity contribution in [3.05, 3.63) is 42.0 Å². The minimum absolute atomic E-state index is 0.0452. The first-order valence-electron chi connectivity index (χ1n) is 5.48. The fraction of sp³-hybridized carbons (Fsp3) is 0.231. The maximum Gasteiger partial charge on any atom is 0.313 e. The van der Waals surface area contributed by atoms with Crippen LogP contribution in [0.2, 0.25) is 0 Å². The van der Waals surface area contributed by atoms with E-state index in [0.29, 0.717) is 0 Å². The molecule has 0 aromatic heterocycles. The van der Waals surface area contributed by atoms with Gasteiger partial charge in [-0.2, -0.15) is 0 Å². The molecule has 0 aliphatic rings. The average Bonchev–Trinajstić information content (AvgIpc) is 2.38. The number of carbonyl (C=O) groups is 2. The molecule has 0 saturated carbocycles. The highest BCUT2D eigenvalue weighted by atomic mass is 32.2. The van der Waals surface area contributed by atoms with E-state index in [9.17, 15) is 9.59 Å². The number of aliphatic carboxylic acids is 2. The second-order valence-electron chi connectivity index (χ2n) is 3.55. The van der Waals surface area contributed by atoms with Gasteiger partial charge < -0.3 is 10.2 Å². The number of carboxylic acid groups (broad SMARTS) is 2. The Bertz CT molecular complexity index is 427. The molecule has 0 fully saturated rings. The molecule has 4 nitrogen and oxygen atoms in total. The van der Waals surface area contributed by atoms with Gasteiger partial charge >= 0.3 is 11.9 Å². The van der Waals surface area contributed by atoms with Crippen molar-refractivity contribution in [1.29, 1.82) is 0 Å². The van der Waals surface area contributed by atoms with E-state index in [0.717, 1.165) is 5.56 Å². The van der Waals surface area contributed by atoms with Crippen LogP contribution < -0.4 is 0 Å². The van der Waals surface area contributed by atoms with E-state index in [-0.39, 0.29) is 16.1 Å². The highest BCUT2D eigenvalue weighted by Crippen LogP contribution is 2.25. The molecule has 6 heteroatoms. The lowest BCUT2D eigenvalue weighted by molar-refractivity contribution is -0.134. The molecule has 2 N–H and O–H groups in total. The number of benzene rings is 1. The van der Waals surface area contributed by atoms with Crippen molar-refractivity contribution < 1.29 is 19.8 Å². The number of carboxylic acids is 2. The lowest BCUT2D eigenvalue weighted by Gasteiger charge is -2.09. The summed E-state index contributed by atoms with van der Waals surface area (Å²) in [6.07, 6.45) is 3.70. The predicted molar refractivity (Wildman–Crippen MR) is 79.5 cm³/mol. The second-order valence-corrected chi connectivity index (χ2v) is 6.11. The maximum absolute atomic E-state index is 10.5. The van der Waals surface area contributed by atoms with Crippen LogP contribution in [-0.4, -0.2) is 38.2 Å². The predicted octanol–water partition coefficient (Wildman–Crippen LogP) is 2.66. The molecule has 0 heterocycles. The monoisotopic (exact) mass is 298 g/mol. The first-order valence-corrected chi connectivity index (χ1v) is 7.57. The van der Waals surface area contributed by atoms with Crippen molar-refractivity contribution in [2.24, 2.45) is 0 Å². The third-order valence-electron chi connectivity index (χ3n) is 1.99. The summed E-state index contributed by atoms with van der Waals surface area (Å²) in [7, 11) is 0. The Morgan fingerprint density at radius 3 is 2.05 bits per heavy atom. The van der Waals surface area contributed by atoms with Crippen LogP contribution in [0.1, 0.15) is 5.56 Å². The summed E-state index contributed by atoms with van der Waals surface area (Å²) in [6, 6.07) is 9.58. The van der Waals surface area contributed by atoms with Crippen LogP contribution in [0.4, 0.5) is 0 Å². The van der Waals surface area contributed by atoms with Gasteiger partial charge in [0.15, 0.2) is 0 Å². The third kappa shape index (κ3) is 7.58. The van der Waals surface area contributed by atoms with E-state index in [1.54, 1.807) is 0 Å². The Kier molecular flexibility index (Phi) is 7.14. The van der Waals surface area contributed by atoms with Crippen LogP contribution in [0.5, 0.6) is 0 Å². The van der Waals surface area contributed by atoms with Crippen LogP contribution >= 0.6 is 23.5 Å². The molecule has 102 valence electrons. The van der Waals surface area contributed by atoms with Crippen molar-refractivity contribution in [1.82, 2.24) is 0 Å². The number of rotatable bonds is 8. The van der Waals surface area contributed by atoms with Crippen molar-refractivity contribution >= 4 is 41.5 Å². The van der Waals surface area contributed by atoms with E-state index < -0.39 is 11.9 Å². The van der Waals surface area contributed by atoms with Gasteiger partial charge in [0, 0.05) is 0 Å². The molecule has 1 rings (SSSR count). The summed E-state index contributed by atoms with van der Waals surface area (Å²) < 4.78 is -0.188. The largest absolute Gasteiger partial charge is 0.481 e. The Balaban J connectivity index is 2.59. The number of hydrogen-bond acceptors (Lipinski definition) is 4. The minimum Gasteiger partial charge on any atom is -0.481 e. The van der Waals surface area contributed by atoms with Crippen molar-refractivity contribution in [2.75, 3.05) is 11.5 Å². The van der Waals surface area contributed by atoms with Gasteiger partial charge in [-0.1, -0.05) is 42.5 Å². The standard InChI is InChI=1S/C13H14O4S2/c14-11(15)8-18-13(19-9-12(16)17)7-6-10-4-2-1-3-5-10/h1-7,13H,8-9H2,(H,14,15)(H,16,17)/b7-6+. The molecule has 0 unspecified atom stereocenters. The third-order valence-corrected chi connectivity index (χ3v) is 4.60. The molecular weight excluding hydrogens is 284 g/mol. The van der Waals surface area contributed by atoms with E-state index in [1.165, 1.54) is 23.5 Å². The zero-order chi connectivity index (χ0) is 14.1. The molecule has 0 atom stereocenters. The van der Waals surface area contributed by atoms with Gasteiger partial charge in [0.05, 0.1) is 16.1 Å². The van der Waals surface area contributed by atoms with E-state index in [2.05, 4.69) is 0 Å². The lowest BCUT2D eigenvalue weighted by atomic mass is 10.2. The smallest absolute Gasteiger partial charge is 0.313 e. The summed E-state index contributed by atoms with van der Waals surface area (Å²) in [6.45, 7) is 0. The molecule has 1 aromatic carbocycles. The molecule has 0 saturated heterocycles. The van der Waals surface area contributed by atoms with Crippen molar-refractivity contribution in [3.8, 4) is 0 Å². The number of thioether (sulfide) groups is 2. The minimum atomic E-state index is -0.904. The molecule has 0 spiro atoms. The lowest BCUT2D eigenvalue weighted by Crippen LogP contribution is -2.06. The Labute approximate surface area is 119 Å². The SMILES string of the molecule is O=C(O)CSC(/C=C/c1ccccc1)SCC(=O)O. The number of hydrogen-bond donors (Lipinski definition) is 2. The van der Waals surface area contributed by atoms with Gasteiger partial charge in [-0.3, -0.25) is 9.59 Å². The van der Waals surface area contributed by atoms with Crippen molar-refractivity contribution in [3.63, 3.8) is 0 Å². The van der Waals surface area contributed by atoms with Crippen LogP contribution in [0.15, 0.2) is 36.4 Å². The molecular formula is C13H14O4S2. The second kappa shape index (κ2) is 8.66. The Hall–Kier alpha value is -1.40. The quantitative estimate of drug-likeness (QED) is 0.719. The van der Waals surface area contributed by atoms with Crippen LogP contribution in [0.25, 0.3) is 6.08 Å². The van der Waals surface area contributed by atoms with Crippen LogP contribution in [0.3, 0.4) is 0 Å². The molecule has 0 radical (unpaired) electrons. The molecule has 0 amide bonds. The summed E-state index contributed by atoms with van der Waals surface area (Å²) >= 11 is 2.41. The molecule has 0 bridgehead atoms. The summed E-state index contributed by atoms with van der Waals surface area (Å²) in [5, 5.41) is 17.3. The molecule has 0 aliphatic heterocycles. The zero-order valence-corrected chi connectivity index (χ0v) is 11.7. The van der Waals surface area contributed by atoms with Gasteiger partial charge in [0.1, 0.15) is 0 Å². The molecule has 0 aliphatic carbocycles. The average molecular weight is 298 g/mol. The summed E-state index contributed by atoms with van der Waals surface area (Å²) in [4.78, 5) is 21.1. The van der Waals surface area contributed by atoms with E-state index >= 15 is 0 Å². The topological polar surface area (TPSA) is 74.6 Å². The summed E-state index contributed by atoms with van der Waals surface area (Å²) in [5.74, 6) is -1.90. The maximum atomic E-state index is 10.5. The zero-order valence-electron chi connectivity index (χ0n) is 10.1. The van der Waals surface area contributed by atoms with Crippen LogP contribution in [0, 0.1) is 0 Å². The summed E-state index contributed by atoms with van der Waals surface area (Å²) in [5.41, 5.74) is 0.999. The molecule has 1 aromatic rings. The molecule has 19 heavy (non-hydrogen) atoms. The fourth-order valence-corrected chi connectivity index (χ4v) is 3.01. The first kappa shape index (κ1) is 15.7. The van der Waals surface area contributed by atoms with Gasteiger partial charge in [-0.05, 0) is 5.56 Å². The van der Waals surface area contributed by atoms with Gasteiger partial charge in [-0.15, -0.1) is 23.5 Å². The van der Waals surface area contributed by atoms with E-state index in [1.807, 2.05) is 42.5 Å². The highest BCUT2D eigenvalue weighted by molar-refractivity contribution is 8.17. The highest BCUT2D eigenvalue weighted by Gasteiger charge is 2.10. The van der Waals surface area contributed by atoms with Crippen molar-refractivity contribution in [2.45, 2.75) is 4.58 Å². The van der Waals surface area contributed by atoms with Gasteiger partial charge in [0.2, 0.25) is 0 Å².